The zero-order valence-electron chi connectivity index (χ0n) is 30.4. The van der Waals surface area contributed by atoms with Crippen LogP contribution in [-0.2, 0) is 5.41 Å². The van der Waals surface area contributed by atoms with Gasteiger partial charge in [-0.25, -0.2) is 9.97 Å². The van der Waals surface area contributed by atoms with E-state index in [1.54, 1.807) is 0 Å². The molecule has 2 aliphatic carbocycles. The molecule has 2 aliphatic rings. The third-order valence-corrected chi connectivity index (χ3v) is 12.0. The fourth-order valence-electron chi connectivity index (χ4n) is 9.67. The van der Waals surface area contributed by atoms with E-state index in [4.69, 9.17) is 9.97 Å². The molecular formula is C53H33N3. The Morgan fingerprint density at radius 3 is 1.61 bits per heavy atom. The van der Waals surface area contributed by atoms with Gasteiger partial charge in [0.1, 0.15) is 0 Å². The van der Waals surface area contributed by atoms with E-state index < -0.39 is 5.41 Å². The first-order chi connectivity index (χ1) is 27.8. The van der Waals surface area contributed by atoms with Crippen LogP contribution in [0.25, 0.3) is 83.5 Å². The van der Waals surface area contributed by atoms with E-state index in [9.17, 15) is 0 Å². The summed E-state index contributed by atoms with van der Waals surface area (Å²) in [6.07, 6.45) is 0. The Bertz CT molecular complexity index is 3130. The molecule has 0 N–H and O–H groups in total. The Labute approximate surface area is 324 Å². The number of fused-ring (bicyclic) bond motifs is 13. The molecule has 10 aromatic rings. The molecular weight excluding hydrogens is 679 g/mol. The molecule has 3 heteroatoms. The quantitative estimate of drug-likeness (QED) is 0.182. The van der Waals surface area contributed by atoms with Crippen LogP contribution in [0.4, 0.5) is 0 Å². The normalized spacial score (nSPS) is 14.9. The van der Waals surface area contributed by atoms with Gasteiger partial charge in [-0.2, -0.15) is 0 Å². The highest BCUT2D eigenvalue weighted by atomic mass is 15.0. The minimum Gasteiger partial charge on any atom is -0.309 e. The van der Waals surface area contributed by atoms with Crippen LogP contribution in [0.5, 0.6) is 0 Å². The van der Waals surface area contributed by atoms with Crippen LogP contribution in [0.3, 0.4) is 0 Å². The number of hydrogen-bond acceptors (Lipinski definition) is 2. The summed E-state index contributed by atoms with van der Waals surface area (Å²) in [4.78, 5) is 11.0. The molecule has 2 heterocycles. The lowest BCUT2D eigenvalue weighted by Gasteiger charge is -2.30. The average Bonchev–Trinajstić information content (AvgIpc) is 3.88. The highest BCUT2D eigenvalue weighted by Crippen LogP contribution is 2.63. The van der Waals surface area contributed by atoms with Gasteiger partial charge >= 0.3 is 0 Å². The molecule has 0 bridgehead atoms. The van der Waals surface area contributed by atoms with E-state index in [2.05, 4.69) is 199 Å². The summed E-state index contributed by atoms with van der Waals surface area (Å²) in [5, 5.41) is 2.53. The summed E-state index contributed by atoms with van der Waals surface area (Å²) in [7, 11) is 0. The van der Waals surface area contributed by atoms with Crippen LogP contribution in [0, 0.1) is 0 Å². The minimum absolute atomic E-state index is 0.632. The van der Waals surface area contributed by atoms with Gasteiger partial charge < -0.3 is 4.57 Å². The van der Waals surface area contributed by atoms with Gasteiger partial charge in [0.2, 0.25) is 0 Å². The second kappa shape index (κ2) is 11.8. The number of aromatic nitrogens is 3. The van der Waals surface area contributed by atoms with Crippen molar-refractivity contribution in [3.05, 3.63) is 223 Å². The molecule has 12 rings (SSSR count). The Morgan fingerprint density at radius 1 is 0.375 bits per heavy atom. The Balaban J connectivity index is 1.10. The lowest BCUT2D eigenvalue weighted by atomic mass is 9.72. The smallest absolute Gasteiger partial charge is 0.160 e. The molecule has 2 aromatic heterocycles. The Hall–Kier alpha value is -7.36. The predicted octanol–water partition coefficient (Wildman–Crippen LogP) is 12.9. The van der Waals surface area contributed by atoms with Crippen LogP contribution in [0.1, 0.15) is 22.4 Å². The molecule has 0 fully saturated rings. The second-order valence-corrected chi connectivity index (χ2v) is 14.9. The van der Waals surface area contributed by atoms with Crippen molar-refractivity contribution in [3.63, 3.8) is 0 Å². The SMILES string of the molecule is c1ccc(-c2nc(-c3ccccc3)c3c(n2)C2(c4ccccc4-c4ccc(-c5ccc(-n6c7ccccc7c7ccccc76)cc5)cc42)c2ccccc2-3)cc1. The van der Waals surface area contributed by atoms with Crippen molar-refractivity contribution < 1.29 is 0 Å². The van der Waals surface area contributed by atoms with Crippen molar-refractivity contribution >= 4 is 21.8 Å². The molecule has 0 saturated heterocycles. The minimum atomic E-state index is -0.632. The van der Waals surface area contributed by atoms with Crippen LogP contribution in [0.15, 0.2) is 200 Å². The molecule has 1 spiro atoms. The third kappa shape index (κ3) is 4.22. The summed E-state index contributed by atoms with van der Waals surface area (Å²) >= 11 is 0. The van der Waals surface area contributed by atoms with Crippen LogP contribution in [0.2, 0.25) is 0 Å². The van der Waals surface area contributed by atoms with E-state index in [1.165, 1.54) is 66.3 Å². The number of benzene rings is 8. The fraction of sp³-hybridized carbons (Fsp3) is 0.0189. The van der Waals surface area contributed by atoms with E-state index in [1.807, 2.05) is 6.07 Å². The van der Waals surface area contributed by atoms with Crippen molar-refractivity contribution in [2.75, 3.05) is 0 Å². The summed E-state index contributed by atoms with van der Waals surface area (Å²) in [5.41, 5.74) is 17.9. The predicted molar refractivity (Wildman–Crippen MR) is 229 cm³/mol. The summed E-state index contributed by atoms with van der Waals surface area (Å²) in [6.45, 7) is 0. The number of nitrogens with zero attached hydrogens (tertiary/aromatic N) is 3. The van der Waals surface area contributed by atoms with Crippen molar-refractivity contribution in [1.29, 1.82) is 0 Å². The van der Waals surface area contributed by atoms with Gasteiger partial charge in [-0.3, -0.25) is 0 Å². The summed E-state index contributed by atoms with van der Waals surface area (Å²) in [5.74, 6) is 0.734. The van der Waals surface area contributed by atoms with Crippen molar-refractivity contribution in [2.45, 2.75) is 5.41 Å². The highest BCUT2D eigenvalue weighted by Gasteiger charge is 2.54. The van der Waals surface area contributed by atoms with Gasteiger partial charge in [0.15, 0.2) is 5.82 Å². The van der Waals surface area contributed by atoms with Gasteiger partial charge in [-0.15, -0.1) is 0 Å². The fourth-order valence-corrected chi connectivity index (χ4v) is 9.67. The lowest BCUT2D eigenvalue weighted by molar-refractivity contribution is 0.758. The Morgan fingerprint density at radius 2 is 0.911 bits per heavy atom. The van der Waals surface area contributed by atoms with E-state index in [0.717, 1.165) is 39.6 Å². The van der Waals surface area contributed by atoms with Crippen molar-refractivity contribution in [1.82, 2.24) is 14.5 Å². The molecule has 0 amide bonds. The van der Waals surface area contributed by atoms with Gasteiger partial charge in [0.05, 0.1) is 27.8 Å². The summed E-state index contributed by atoms with van der Waals surface area (Å²) < 4.78 is 2.38. The number of para-hydroxylation sites is 2. The zero-order valence-corrected chi connectivity index (χ0v) is 30.4. The lowest BCUT2D eigenvalue weighted by Crippen LogP contribution is -2.27. The molecule has 1 atom stereocenters. The average molecular weight is 712 g/mol. The number of rotatable bonds is 4. The van der Waals surface area contributed by atoms with E-state index in [-0.39, 0.29) is 0 Å². The molecule has 1 unspecified atom stereocenters. The van der Waals surface area contributed by atoms with Crippen molar-refractivity contribution in [2.24, 2.45) is 0 Å². The molecule has 0 aliphatic heterocycles. The van der Waals surface area contributed by atoms with Gasteiger partial charge in [0.25, 0.3) is 0 Å². The van der Waals surface area contributed by atoms with Gasteiger partial charge in [0, 0.05) is 33.2 Å². The summed E-state index contributed by atoms with van der Waals surface area (Å²) in [6, 6.07) is 72.3. The van der Waals surface area contributed by atoms with Gasteiger partial charge in [-0.05, 0) is 74.8 Å². The Kier molecular flexibility index (Phi) is 6.55. The molecule has 260 valence electrons. The maximum absolute atomic E-state index is 5.64. The second-order valence-electron chi connectivity index (χ2n) is 14.9. The van der Waals surface area contributed by atoms with Crippen LogP contribution in [-0.4, -0.2) is 14.5 Å². The van der Waals surface area contributed by atoms with E-state index >= 15 is 0 Å². The molecule has 0 radical (unpaired) electrons. The molecule has 8 aromatic carbocycles. The largest absolute Gasteiger partial charge is 0.309 e. The van der Waals surface area contributed by atoms with Crippen LogP contribution >= 0.6 is 0 Å². The van der Waals surface area contributed by atoms with Crippen molar-refractivity contribution in [3.8, 4) is 61.7 Å². The monoisotopic (exact) mass is 711 g/mol. The zero-order chi connectivity index (χ0) is 36.8. The molecule has 56 heavy (non-hydrogen) atoms. The first-order valence-corrected chi connectivity index (χ1v) is 19.3. The number of hydrogen-bond donors (Lipinski definition) is 0. The first kappa shape index (κ1) is 31.0. The third-order valence-electron chi connectivity index (χ3n) is 12.0. The maximum atomic E-state index is 5.64. The molecule has 0 saturated carbocycles. The van der Waals surface area contributed by atoms with Gasteiger partial charge in [-0.1, -0.05) is 170 Å². The molecule has 3 nitrogen and oxygen atoms in total. The first-order valence-electron chi connectivity index (χ1n) is 19.3. The standard InChI is InChI=1S/C53H33N3/c1-3-15-35(16-4-1)50-49-43-22-8-12-24-45(43)53(51(49)55-52(54-50)36-17-5-2-6-18-36)44-23-11-7-19-39(44)40-32-29-37(33-46(40)53)34-27-30-38(31-28-34)56-47-25-13-9-20-41(47)42-21-10-14-26-48(42)56/h1-33H. The van der Waals surface area contributed by atoms with E-state index in [0.29, 0.717) is 0 Å². The highest BCUT2D eigenvalue weighted by molar-refractivity contribution is 6.09. The topological polar surface area (TPSA) is 30.7 Å². The maximum Gasteiger partial charge on any atom is 0.160 e. The van der Waals surface area contributed by atoms with Crippen LogP contribution < -0.4 is 0 Å².